The standard InChI is InChI=1S/C18H14F3N3O.C9H20.2C2H6/c19-18(20,21)12-6-7-13(14(25)10-12)17-16(11-4-2-1-3-5-11)24-15(22)8-9-23-17;1-4-5-6-7-8-9(2)3;2*1-2/h1-8,10,25H,9,22H2;9H,4-8H2,1-3H3;2*1-2H3. The van der Waals surface area contributed by atoms with E-state index < -0.39 is 17.5 Å². The van der Waals surface area contributed by atoms with E-state index in [1.54, 1.807) is 30.3 Å². The Bertz CT molecular complexity index is 1010. The zero-order chi connectivity index (χ0) is 29.1. The van der Waals surface area contributed by atoms with Gasteiger partial charge in [-0.1, -0.05) is 111 Å². The smallest absolute Gasteiger partial charge is 0.416 e. The largest absolute Gasteiger partial charge is 0.507 e. The van der Waals surface area contributed by atoms with Crippen LogP contribution in [0, 0.1) is 5.92 Å². The molecule has 2 aromatic carbocycles. The van der Waals surface area contributed by atoms with Crippen molar-refractivity contribution in [3.63, 3.8) is 0 Å². The molecular formula is C31H46F3N3O. The molecule has 4 nitrogen and oxygen atoms in total. The van der Waals surface area contributed by atoms with Crippen LogP contribution < -0.4 is 5.73 Å². The van der Waals surface area contributed by atoms with Crippen LogP contribution in [0.15, 0.2) is 70.4 Å². The van der Waals surface area contributed by atoms with Crippen LogP contribution in [0.5, 0.6) is 5.75 Å². The predicted octanol–water partition coefficient (Wildman–Crippen LogP) is 9.17. The number of phenolic OH excluding ortho intramolecular Hbond substituents is 1. The Morgan fingerprint density at radius 2 is 1.55 bits per heavy atom. The highest BCUT2D eigenvalue weighted by Gasteiger charge is 2.32. The van der Waals surface area contributed by atoms with Crippen LogP contribution >= 0.6 is 0 Å². The van der Waals surface area contributed by atoms with Gasteiger partial charge in [-0.3, -0.25) is 4.99 Å². The van der Waals surface area contributed by atoms with Crippen LogP contribution in [0.25, 0.3) is 0 Å². The molecule has 0 radical (unpaired) electrons. The lowest BCUT2D eigenvalue weighted by atomic mass is 9.97. The van der Waals surface area contributed by atoms with E-state index in [1.807, 2.05) is 33.8 Å². The highest BCUT2D eigenvalue weighted by atomic mass is 19.4. The third-order valence-corrected chi connectivity index (χ3v) is 5.28. The number of rotatable bonds is 7. The van der Waals surface area contributed by atoms with Gasteiger partial charge in [-0.15, -0.1) is 0 Å². The Kier molecular flexibility index (Phi) is 17.5. The molecule has 2 aromatic rings. The molecule has 0 amide bonds. The summed E-state index contributed by atoms with van der Waals surface area (Å²) in [6, 6.07) is 11.8. The SMILES string of the molecule is CC.CC.CCCCCCC(C)C.NC1=CCN=C(c2ccc(C(F)(F)F)cc2O)C(c2ccccc2)=N1. The lowest BCUT2D eigenvalue weighted by molar-refractivity contribution is -0.137. The van der Waals surface area contributed by atoms with Crippen LogP contribution in [-0.2, 0) is 6.18 Å². The first-order valence-corrected chi connectivity index (χ1v) is 13.7. The van der Waals surface area contributed by atoms with Gasteiger partial charge in [-0.2, -0.15) is 13.2 Å². The second-order valence-corrected chi connectivity index (χ2v) is 8.62. The van der Waals surface area contributed by atoms with Crippen LogP contribution in [0.2, 0.25) is 0 Å². The predicted molar refractivity (Wildman–Crippen MR) is 156 cm³/mol. The summed E-state index contributed by atoms with van der Waals surface area (Å²) >= 11 is 0. The Morgan fingerprint density at radius 1 is 0.921 bits per heavy atom. The topological polar surface area (TPSA) is 71.0 Å². The van der Waals surface area contributed by atoms with Gasteiger partial charge >= 0.3 is 6.18 Å². The van der Waals surface area contributed by atoms with Gasteiger partial charge in [-0.05, 0) is 30.2 Å². The van der Waals surface area contributed by atoms with Crippen LogP contribution in [0.3, 0.4) is 0 Å². The zero-order valence-electron chi connectivity index (χ0n) is 24.1. The van der Waals surface area contributed by atoms with Crippen molar-refractivity contribution in [2.24, 2.45) is 21.6 Å². The average molecular weight is 534 g/mol. The summed E-state index contributed by atoms with van der Waals surface area (Å²) in [5.74, 6) is 0.642. The maximum atomic E-state index is 12.8. The van der Waals surface area contributed by atoms with E-state index in [0.717, 1.165) is 12.0 Å². The molecule has 0 fully saturated rings. The number of nitrogens with two attached hydrogens (primary N) is 1. The number of halogens is 3. The molecule has 0 unspecified atom stereocenters. The molecule has 0 saturated carbocycles. The average Bonchev–Trinajstić information content (AvgIpc) is 3.10. The Balaban J connectivity index is 0.000000891. The molecule has 0 atom stereocenters. The van der Waals surface area contributed by atoms with Gasteiger partial charge in [0.1, 0.15) is 11.6 Å². The summed E-state index contributed by atoms with van der Waals surface area (Å²) in [7, 11) is 0. The van der Waals surface area contributed by atoms with Crippen molar-refractivity contribution in [3.8, 4) is 5.75 Å². The van der Waals surface area contributed by atoms with Gasteiger partial charge in [0.05, 0.1) is 23.5 Å². The van der Waals surface area contributed by atoms with E-state index in [9.17, 15) is 18.3 Å². The summed E-state index contributed by atoms with van der Waals surface area (Å²) < 4.78 is 38.4. The maximum Gasteiger partial charge on any atom is 0.416 e. The first kappa shape index (κ1) is 34.9. The molecule has 0 bridgehead atoms. The summed E-state index contributed by atoms with van der Waals surface area (Å²) in [5, 5.41) is 10.1. The fraction of sp³-hybridized carbons (Fsp3) is 0.484. The minimum atomic E-state index is -4.54. The molecule has 0 aliphatic carbocycles. The van der Waals surface area contributed by atoms with Crippen molar-refractivity contribution < 1.29 is 18.3 Å². The number of hydrogen-bond acceptors (Lipinski definition) is 4. The molecule has 38 heavy (non-hydrogen) atoms. The van der Waals surface area contributed by atoms with Gasteiger partial charge in [-0.25, -0.2) is 4.99 Å². The minimum Gasteiger partial charge on any atom is -0.507 e. The fourth-order valence-corrected chi connectivity index (χ4v) is 3.43. The maximum absolute atomic E-state index is 12.8. The summed E-state index contributed by atoms with van der Waals surface area (Å²) in [5.41, 5.74) is 6.42. The van der Waals surface area contributed by atoms with E-state index in [2.05, 4.69) is 30.8 Å². The second-order valence-electron chi connectivity index (χ2n) is 8.62. The van der Waals surface area contributed by atoms with E-state index in [1.165, 1.54) is 38.2 Å². The van der Waals surface area contributed by atoms with Crippen molar-refractivity contribution >= 4 is 11.4 Å². The number of aliphatic imine (C=N–C) groups is 2. The highest BCUT2D eigenvalue weighted by molar-refractivity contribution is 6.54. The first-order chi connectivity index (χ1) is 18.1. The number of benzene rings is 2. The van der Waals surface area contributed by atoms with Gasteiger partial charge in [0, 0.05) is 11.1 Å². The Morgan fingerprint density at radius 3 is 2.08 bits per heavy atom. The third-order valence-electron chi connectivity index (χ3n) is 5.28. The summed E-state index contributed by atoms with van der Waals surface area (Å²) in [6.07, 6.45) is 4.13. The van der Waals surface area contributed by atoms with Crippen molar-refractivity contribution in [2.75, 3.05) is 6.54 Å². The summed E-state index contributed by atoms with van der Waals surface area (Å²) in [4.78, 5) is 8.65. The summed E-state index contributed by atoms with van der Waals surface area (Å²) in [6.45, 7) is 15.1. The number of phenols is 1. The normalized spacial score (nSPS) is 12.8. The lowest BCUT2D eigenvalue weighted by Gasteiger charge is -2.13. The third kappa shape index (κ3) is 12.4. The number of nitrogens with zero attached hydrogens (tertiary/aromatic N) is 2. The van der Waals surface area contributed by atoms with Crippen molar-refractivity contribution in [3.05, 3.63) is 77.1 Å². The molecule has 1 aliphatic heterocycles. The van der Waals surface area contributed by atoms with Gasteiger partial charge in [0.2, 0.25) is 0 Å². The number of unbranched alkanes of at least 4 members (excludes halogenated alkanes) is 3. The van der Waals surface area contributed by atoms with E-state index in [-0.39, 0.29) is 23.6 Å². The zero-order valence-corrected chi connectivity index (χ0v) is 24.1. The lowest BCUT2D eigenvalue weighted by Crippen LogP contribution is -2.18. The van der Waals surface area contributed by atoms with Crippen LogP contribution in [0.1, 0.15) is 97.3 Å². The quantitative estimate of drug-likeness (QED) is 0.348. The molecule has 7 heteroatoms. The Labute approximate surface area is 227 Å². The van der Waals surface area contributed by atoms with Crippen molar-refractivity contribution in [1.29, 1.82) is 0 Å². The van der Waals surface area contributed by atoms with Crippen molar-refractivity contribution in [1.82, 2.24) is 0 Å². The second kappa shape index (κ2) is 19.0. The highest BCUT2D eigenvalue weighted by Crippen LogP contribution is 2.33. The van der Waals surface area contributed by atoms with Crippen molar-refractivity contribution in [2.45, 2.75) is 86.7 Å². The van der Waals surface area contributed by atoms with Gasteiger partial charge < -0.3 is 10.8 Å². The van der Waals surface area contributed by atoms with Gasteiger partial charge in [0.25, 0.3) is 0 Å². The molecule has 1 aliphatic rings. The van der Waals surface area contributed by atoms with Gasteiger partial charge in [0.15, 0.2) is 0 Å². The molecule has 1 heterocycles. The van der Waals surface area contributed by atoms with E-state index in [4.69, 9.17) is 5.73 Å². The molecule has 212 valence electrons. The molecule has 0 aromatic heterocycles. The first-order valence-electron chi connectivity index (χ1n) is 13.7. The Hall–Kier alpha value is -3.09. The van der Waals surface area contributed by atoms with E-state index >= 15 is 0 Å². The van der Waals surface area contributed by atoms with E-state index in [0.29, 0.717) is 17.3 Å². The molecule has 0 spiro atoms. The molecule has 3 N–H and O–H groups in total. The molecular weight excluding hydrogens is 487 g/mol. The number of hydrogen-bond donors (Lipinski definition) is 2. The monoisotopic (exact) mass is 533 g/mol. The fourth-order valence-electron chi connectivity index (χ4n) is 3.43. The number of aromatic hydroxyl groups is 1. The van der Waals surface area contributed by atoms with Crippen LogP contribution in [-0.4, -0.2) is 23.1 Å². The molecule has 3 rings (SSSR count). The molecule has 0 saturated heterocycles. The minimum absolute atomic E-state index is 0.165. The van der Waals surface area contributed by atoms with Crippen LogP contribution in [0.4, 0.5) is 13.2 Å². The number of alkyl halides is 3.